The molecule has 1 aromatic carbocycles. The molecule has 4 aromatic rings. The lowest BCUT2D eigenvalue weighted by Crippen LogP contribution is -2.21. The van der Waals surface area contributed by atoms with Crippen LogP contribution in [0.2, 0.25) is 0 Å². The summed E-state index contributed by atoms with van der Waals surface area (Å²) < 4.78 is 2.26. The highest BCUT2D eigenvalue weighted by Gasteiger charge is 2.27. The van der Waals surface area contributed by atoms with Gasteiger partial charge in [0.15, 0.2) is 11.3 Å². The lowest BCUT2D eigenvalue weighted by atomic mass is 9.86. The van der Waals surface area contributed by atoms with E-state index in [0.29, 0.717) is 5.92 Å². The zero-order chi connectivity index (χ0) is 25.8. The smallest absolute Gasteiger partial charge is 0.165 e. The molecule has 4 nitrogen and oxygen atoms in total. The highest BCUT2D eigenvalue weighted by molar-refractivity contribution is 5.97. The van der Waals surface area contributed by atoms with Crippen LogP contribution in [0.25, 0.3) is 27.7 Å². The molecule has 0 spiro atoms. The topological polar surface area (TPSA) is 43.1 Å². The van der Waals surface area contributed by atoms with Gasteiger partial charge in [0.2, 0.25) is 0 Å². The molecule has 0 amide bonds. The maximum absolute atomic E-state index is 5.19. The first kappa shape index (κ1) is 27.8. The van der Waals surface area contributed by atoms with Crippen LogP contribution in [0.3, 0.4) is 0 Å². The van der Waals surface area contributed by atoms with E-state index in [-0.39, 0.29) is 10.8 Å². The molecule has 0 aliphatic carbocycles. The zero-order valence-electron chi connectivity index (χ0n) is 23.7. The van der Waals surface area contributed by atoms with Gasteiger partial charge in [-0.2, -0.15) is 0 Å². The summed E-state index contributed by atoms with van der Waals surface area (Å²) in [5, 5.41) is 1.10. The van der Waals surface area contributed by atoms with Crippen molar-refractivity contribution in [2.45, 2.75) is 113 Å². The van der Waals surface area contributed by atoms with Gasteiger partial charge in [-0.3, -0.25) is 4.40 Å². The van der Waals surface area contributed by atoms with Gasteiger partial charge in [0.1, 0.15) is 5.82 Å². The van der Waals surface area contributed by atoms with Crippen molar-refractivity contribution in [2.24, 2.45) is 0 Å². The fourth-order valence-corrected chi connectivity index (χ4v) is 4.28. The standard InChI is InChI=1S/C26H34N4.2C2H6/c1-9-12-16(2)17-15-20(25(3,4)5)28-22-21(17)23-27-18-13-10-11-14-19(18)30(23)24(29-22)26(6,7)8;2*1-2/h10-11,13-16H,9,12H2,1-8H3;2*1-2H3. The summed E-state index contributed by atoms with van der Waals surface area (Å²) in [4.78, 5) is 15.4. The van der Waals surface area contributed by atoms with Crippen molar-refractivity contribution in [3.63, 3.8) is 0 Å². The van der Waals surface area contributed by atoms with Crippen molar-refractivity contribution in [1.82, 2.24) is 19.4 Å². The van der Waals surface area contributed by atoms with Crippen LogP contribution in [-0.4, -0.2) is 19.4 Å². The van der Waals surface area contributed by atoms with Gasteiger partial charge in [-0.25, -0.2) is 15.0 Å². The summed E-state index contributed by atoms with van der Waals surface area (Å²) in [6.07, 6.45) is 2.28. The van der Waals surface area contributed by atoms with E-state index < -0.39 is 0 Å². The summed E-state index contributed by atoms with van der Waals surface area (Å²) in [5.74, 6) is 1.43. The Morgan fingerprint density at radius 1 is 0.853 bits per heavy atom. The van der Waals surface area contributed by atoms with Crippen molar-refractivity contribution in [1.29, 1.82) is 0 Å². The molecule has 0 aliphatic rings. The number of imidazole rings is 1. The third kappa shape index (κ3) is 5.26. The Kier molecular flexibility index (Phi) is 8.85. The van der Waals surface area contributed by atoms with Crippen LogP contribution < -0.4 is 0 Å². The Labute approximate surface area is 207 Å². The molecule has 3 aromatic heterocycles. The fourth-order valence-electron chi connectivity index (χ4n) is 4.28. The number of fused-ring (bicyclic) bond motifs is 5. The monoisotopic (exact) mass is 462 g/mol. The third-order valence-electron chi connectivity index (χ3n) is 5.93. The molecule has 0 N–H and O–H groups in total. The summed E-state index contributed by atoms with van der Waals surface area (Å²) in [7, 11) is 0. The lowest BCUT2D eigenvalue weighted by Gasteiger charge is -2.25. The minimum atomic E-state index is -0.134. The van der Waals surface area contributed by atoms with Crippen LogP contribution in [0.4, 0.5) is 0 Å². The van der Waals surface area contributed by atoms with Gasteiger partial charge in [0, 0.05) is 16.5 Å². The Hall–Kier alpha value is -2.49. The normalized spacial score (nSPS) is 12.8. The molecule has 34 heavy (non-hydrogen) atoms. The number of hydrogen-bond donors (Lipinski definition) is 0. The van der Waals surface area contributed by atoms with Gasteiger partial charge in [0.25, 0.3) is 0 Å². The predicted octanol–water partition coefficient (Wildman–Crippen LogP) is 8.98. The van der Waals surface area contributed by atoms with E-state index >= 15 is 0 Å². The number of pyridine rings is 1. The van der Waals surface area contributed by atoms with Crippen molar-refractivity contribution < 1.29 is 0 Å². The van der Waals surface area contributed by atoms with E-state index in [0.717, 1.165) is 52.1 Å². The van der Waals surface area contributed by atoms with E-state index in [1.807, 2.05) is 27.7 Å². The van der Waals surface area contributed by atoms with Crippen LogP contribution in [-0.2, 0) is 10.8 Å². The molecule has 0 aliphatic heterocycles. The average molecular weight is 463 g/mol. The third-order valence-corrected chi connectivity index (χ3v) is 5.93. The highest BCUT2D eigenvalue weighted by Crippen LogP contribution is 2.36. The maximum Gasteiger partial charge on any atom is 0.165 e. The molecule has 0 saturated carbocycles. The number of hydrogen-bond acceptors (Lipinski definition) is 3. The fraction of sp³-hybridized carbons (Fsp3) is 0.567. The molecule has 4 heteroatoms. The first-order valence-electron chi connectivity index (χ1n) is 13.1. The van der Waals surface area contributed by atoms with Gasteiger partial charge >= 0.3 is 0 Å². The van der Waals surface area contributed by atoms with Crippen molar-refractivity contribution in [3.05, 3.63) is 47.4 Å². The second kappa shape index (κ2) is 10.8. The minimum absolute atomic E-state index is 0.0370. The van der Waals surface area contributed by atoms with E-state index in [9.17, 15) is 0 Å². The SMILES string of the molecule is CC.CC.CCCC(C)c1cc(C(C)(C)C)nc2nc(C(C)(C)C)n3c4ccccc4nc3c12. The Morgan fingerprint density at radius 2 is 1.47 bits per heavy atom. The average Bonchev–Trinajstić information content (AvgIpc) is 3.19. The molecule has 0 saturated heterocycles. The Balaban J connectivity index is 0.000000970. The van der Waals surface area contributed by atoms with Crippen LogP contribution in [0.15, 0.2) is 30.3 Å². The van der Waals surface area contributed by atoms with Gasteiger partial charge < -0.3 is 0 Å². The molecule has 1 unspecified atom stereocenters. The second-order valence-electron chi connectivity index (χ2n) is 10.7. The van der Waals surface area contributed by atoms with Gasteiger partial charge in [-0.15, -0.1) is 0 Å². The van der Waals surface area contributed by atoms with Crippen LogP contribution in [0.1, 0.15) is 119 Å². The van der Waals surface area contributed by atoms with Gasteiger partial charge in [0.05, 0.1) is 16.4 Å². The molecule has 0 bridgehead atoms. The van der Waals surface area contributed by atoms with Crippen molar-refractivity contribution in [2.75, 3.05) is 0 Å². The number of aromatic nitrogens is 4. The van der Waals surface area contributed by atoms with E-state index in [1.165, 1.54) is 5.56 Å². The molecule has 0 fully saturated rings. The molecule has 0 radical (unpaired) electrons. The summed E-state index contributed by atoms with van der Waals surface area (Å²) in [5.41, 5.74) is 6.17. The summed E-state index contributed by atoms with van der Waals surface area (Å²) in [6.45, 7) is 25.9. The van der Waals surface area contributed by atoms with Gasteiger partial charge in [-0.1, -0.05) is 102 Å². The molecular formula is C30H46N4. The maximum atomic E-state index is 5.19. The second-order valence-corrected chi connectivity index (χ2v) is 10.7. The van der Waals surface area contributed by atoms with Crippen LogP contribution >= 0.6 is 0 Å². The predicted molar refractivity (Wildman–Crippen MR) is 149 cm³/mol. The van der Waals surface area contributed by atoms with Crippen LogP contribution in [0, 0.1) is 0 Å². The molecular weight excluding hydrogens is 416 g/mol. The van der Waals surface area contributed by atoms with Crippen molar-refractivity contribution >= 4 is 27.7 Å². The number of nitrogens with zero attached hydrogens (tertiary/aromatic N) is 4. The highest BCUT2D eigenvalue weighted by atomic mass is 15.1. The van der Waals surface area contributed by atoms with E-state index in [4.69, 9.17) is 15.0 Å². The number of rotatable bonds is 3. The summed E-state index contributed by atoms with van der Waals surface area (Å²) in [6, 6.07) is 10.7. The van der Waals surface area contributed by atoms with E-state index in [1.54, 1.807) is 0 Å². The van der Waals surface area contributed by atoms with E-state index in [2.05, 4.69) is 90.1 Å². The quantitative estimate of drug-likeness (QED) is 0.305. The largest absolute Gasteiger partial charge is 0.279 e. The molecule has 1 atom stereocenters. The number of benzene rings is 1. The minimum Gasteiger partial charge on any atom is -0.279 e. The molecule has 4 rings (SSSR count). The first-order chi connectivity index (χ1) is 16.0. The Morgan fingerprint density at radius 3 is 2.03 bits per heavy atom. The zero-order valence-corrected chi connectivity index (χ0v) is 23.7. The molecule has 186 valence electrons. The van der Waals surface area contributed by atoms with Crippen LogP contribution in [0.5, 0.6) is 0 Å². The Bertz CT molecular complexity index is 1240. The van der Waals surface area contributed by atoms with Gasteiger partial charge in [-0.05, 0) is 36.1 Å². The number of para-hydroxylation sites is 2. The van der Waals surface area contributed by atoms with Crippen molar-refractivity contribution in [3.8, 4) is 0 Å². The molecule has 3 heterocycles. The lowest BCUT2D eigenvalue weighted by molar-refractivity contribution is 0.539. The summed E-state index contributed by atoms with van der Waals surface area (Å²) >= 11 is 0. The first-order valence-corrected chi connectivity index (χ1v) is 13.1.